The average Bonchev–Trinajstić information content (AvgIpc) is 2.44. The second-order valence-electron chi connectivity index (χ2n) is 4.77. The fraction of sp³-hybridized carbons (Fsp3) is 0.727. The summed E-state index contributed by atoms with van der Waals surface area (Å²) in [6, 6.07) is 0. The summed E-state index contributed by atoms with van der Waals surface area (Å²) in [5, 5.41) is 4.40. The molecule has 1 aliphatic carbocycles. The molecular formula is C11H18N2. The highest BCUT2D eigenvalue weighted by Gasteiger charge is 2.27. The van der Waals surface area contributed by atoms with E-state index in [1.165, 1.54) is 30.5 Å². The molecular weight excluding hydrogens is 160 g/mol. The molecule has 0 saturated heterocycles. The molecule has 2 rings (SSSR count). The van der Waals surface area contributed by atoms with Gasteiger partial charge in [0.15, 0.2) is 0 Å². The van der Waals surface area contributed by atoms with Crippen LogP contribution in [0, 0.1) is 5.41 Å². The molecule has 13 heavy (non-hydrogen) atoms. The number of aryl methyl sites for hydroxylation is 2. The third-order valence-electron chi connectivity index (χ3n) is 3.05. The largest absolute Gasteiger partial charge is 0.270 e. The first-order valence-electron chi connectivity index (χ1n) is 5.16. The number of hydrogen-bond donors (Lipinski definition) is 0. The van der Waals surface area contributed by atoms with Crippen LogP contribution in [0.15, 0.2) is 6.20 Å². The lowest BCUT2D eigenvalue weighted by Crippen LogP contribution is -2.23. The predicted octanol–water partition coefficient (Wildman–Crippen LogP) is 2.42. The molecule has 0 radical (unpaired) electrons. The summed E-state index contributed by atoms with van der Waals surface area (Å²) in [5.41, 5.74) is 3.42. The van der Waals surface area contributed by atoms with Crippen LogP contribution in [0.4, 0.5) is 0 Å². The zero-order valence-corrected chi connectivity index (χ0v) is 8.80. The van der Waals surface area contributed by atoms with Gasteiger partial charge in [-0.1, -0.05) is 13.8 Å². The van der Waals surface area contributed by atoms with Crippen LogP contribution in [0.25, 0.3) is 0 Å². The van der Waals surface area contributed by atoms with Gasteiger partial charge >= 0.3 is 0 Å². The summed E-state index contributed by atoms with van der Waals surface area (Å²) in [4.78, 5) is 0. The Bertz CT molecular complexity index is 296. The van der Waals surface area contributed by atoms with Crippen molar-refractivity contribution in [2.45, 2.75) is 46.6 Å². The van der Waals surface area contributed by atoms with Gasteiger partial charge in [-0.25, -0.2) is 0 Å². The maximum absolute atomic E-state index is 4.40. The highest BCUT2D eigenvalue weighted by molar-refractivity contribution is 5.22. The molecule has 0 spiro atoms. The molecule has 1 heterocycles. The van der Waals surface area contributed by atoms with E-state index in [1.807, 2.05) is 6.20 Å². The Morgan fingerprint density at radius 1 is 1.54 bits per heavy atom. The Kier molecular flexibility index (Phi) is 1.94. The van der Waals surface area contributed by atoms with Gasteiger partial charge in [0.2, 0.25) is 0 Å². The molecule has 0 aromatic carbocycles. The molecule has 0 unspecified atom stereocenters. The zero-order valence-electron chi connectivity index (χ0n) is 8.80. The highest BCUT2D eigenvalue weighted by atomic mass is 15.3. The average molecular weight is 178 g/mol. The van der Waals surface area contributed by atoms with E-state index in [1.54, 1.807) is 0 Å². The van der Waals surface area contributed by atoms with Gasteiger partial charge in [0, 0.05) is 12.2 Å². The Morgan fingerprint density at radius 3 is 3.00 bits per heavy atom. The maximum atomic E-state index is 4.40. The van der Waals surface area contributed by atoms with E-state index in [4.69, 9.17) is 0 Å². The monoisotopic (exact) mass is 178 g/mol. The smallest absolute Gasteiger partial charge is 0.0524 e. The first-order valence-corrected chi connectivity index (χ1v) is 5.16. The summed E-state index contributed by atoms with van der Waals surface area (Å²) < 4.78 is 2.15. The molecule has 1 aromatic rings. The predicted molar refractivity (Wildman–Crippen MR) is 53.7 cm³/mol. The molecule has 0 fully saturated rings. The lowest BCUT2D eigenvalue weighted by atomic mass is 9.77. The summed E-state index contributed by atoms with van der Waals surface area (Å²) in [5.74, 6) is 0. The second-order valence-corrected chi connectivity index (χ2v) is 4.77. The zero-order chi connectivity index (χ0) is 9.47. The van der Waals surface area contributed by atoms with Gasteiger partial charge < -0.3 is 0 Å². The molecule has 0 bridgehead atoms. The van der Waals surface area contributed by atoms with Crippen LogP contribution in [0.2, 0.25) is 0 Å². The van der Waals surface area contributed by atoms with Crippen molar-refractivity contribution in [3.63, 3.8) is 0 Å². The Balaban J connectivity index is 2.36. The van der Waals surface area contributed by atoms with E-state index in [-0.39, 0.29) is 0 Å². The molecule has 0 saturated carbocycles. The lowest BCUT2D eigenvalue weighted by Gasteiger charge is -2.29. The normalized spacial score (nSPS) is 19.9. The number of hydrogen-bond acceptors (Lipinski definition) is 1. The van der Waals surface area contributed by atoms with Gasteiger partial charge in [-0.3, -0.25) is 4.68 Å². The minimum atomic E-state index is 0.472. The number of fused-ring (bicyclic) bond motifs is 1. The van der Waals surface area contributed by atoms with Crippen molar-refractivity contribution in [2.75, 3.05) is 0 Å². The van der Waals surface area contributed by atoms with Crippen molar-refractivity contribution in [1.29, 1.82) is 0 Å². The number of rotatable bonds is 1. The molecule has 0 aliphatic heterocycles. The van der Waals surface area contributed by atoms with Crippen molar-refractivity contribution in [3.05, 3.63) is 17.5 Å². The van der Waals surface area contributed by atoms with Gasteiger partial charge in [-0.15, -0.1) is 0 Å². The van der Waals surface area contributed by atoms with Crippen LogP contribution >= 0.6 is 0 Å². The van der Waals surface area contributed by atoms with Crippen LogP contribution in [-0.2, 0) is 19.4 Å². The van der Waals surface area contributed by atoms with E-state index in [0.29, 0.717) is 5.41 Å². The molecule has 72 valence electrons. The summed E-state index contributed by atoms with van der Waals surface area (Å²) in [6.45, 7) is 7.87. The molecule has 0 N–H and O–H groups in total. The molecule has 2 heteroatoms. The molecule has 2 nitrogen and oxygen atoms in total. The van der Waals surface area contributed by atoms with Crippen molar-refractivity contribution in [3.8, 4) is 0 Å². The van der Waals surface area contributed by atoms with E-state index in [2.05, 4.69) is 30.6 Å². The number of nitrogens with zero attached hydrogens (tertiary/aromatic N) is 2. The third kappa shape index (κ3) is 1.50. The number of aromatic nitrogens is 2. The summed E-state index contributed by atoms with van der Waals surface area (Å²) in [6.07, 6.45) is 5.75. The molecule has 1 aliphatic rings. The van der Waals surface area contributed by atoms with Crippen molar-refractivity contribution in [1.82, 2.24) is 9.78 Å². The van der Waals surface area contributed by atoms with Crippen LogP contribution < -0.4 is 0 Å². The van der Waals surface area contributed by atoms with Gasteiger partial charge in [-0.05, 0) is 37.2 Å². The topological polar surface area (TPSA) is 17.8 Å². The first-order chi connectivity index (χ1) is 6.12. The fourth-order valence-corrected chi connectivity index (χ4v) is 2.15. The minimum absolute atomic E-state index is 0.472. The Labute approximate surface area is 80.0 Å². The second kappa shape index (κ2) is 2.86. The van der Waals surface area contributed by atoms with Gasteiger partial charge in [0.1, 0.15) is 0 Å². The summed E-state index contributed by atoms with van der Waals surface area (Å²) in [7, 11) is 0. The van der Waals surface area contributed by atoms with E-state index in [9.17, 15) is 0 Å². The van der Waals surface area contributed by atoms with Gasteiger partial charge in [0.25, 0.3) is 0 Å². The van der Waals surface area contributed by atoms with E-state index < -0.39 is 0 Å². The van der Waals surface area contributed by atoms with E-state index >= 15 is 0 Å². The van der Waals surface area contributed by atoms with Crippen LogP contribution in [0.3, 0.4) is 0 Å². The Morgan fingerprint density at radius 2 is 2.31 bits per heavy atom. The Hall–Kier alpha value is -0.790. The lowest BCUT2D eigenvalue weighted by molar-refractivity contribution is 0.304. The molecule has 1 aromatic heterocycles. The van der Waals surface area contributed by atoms with Crippen LogP contribution in [0.5, 0.6) is 0 Å². The first kappa shape index (κ1) is 8.79. The van der Waals surface area contributed by atoms with Crippen molar-refractivity contribution < 1.29 is 0 Å². The quantitative estimate of drug-likeness (QED) is 0.645. The SMILES string of the molecule is CCn1ncc2c1CC(C)(C)CC2. The molecule has 0 amide bonds. The van der Waals surface area contributed by atoms with Crippen molar-refractivity contribution >= 4 is 0 Å². The van der Waals surface area contributed by atoms with Crippen LogP contribution in [-0.4, -0.2) is 9.78 Å². The standard InChI is InChI=1S/C11H18N2/c1-4-13-10-7-11(2,3)6-5-9(10)8-12-13/h8H,4-7H2,1-3H3. The highest BCUT2D eigenvalue weighted by Crippen LogP contribution is 2.34. The van der Waals surface area contributed by atoms with Gasteiger partial charge in [-0.2, -0.15) is 5.10 Å². The molecule has 0 atom stereocenters. The third-order valence-corrected chi connectivity index (χ3v) is 3.05. The fourth-order valence-electron chi connectivity index (χ4n) is 2.15. The maximum Gasteiger partial charge on any atom is 0.0524 e. The van der Waals surface area contributed by atoms with Gasteiger partial charge in [0.05, 0.1) is 6.20 Å². The minimum Gasteiger partial charge on any atom is -0.270 e. The van der Waals surface area contributed by atoms with Crippen molar-refractivity contribution in [2.24, 2.45) is 5.41 Å². The summed E-state index contributed by atoms with van der Waals surface area (Å²) >= 11 is 0. The van der Waals surface area contributed by atoms with E-state index in [0.717, 1.165) is 6.54 Å². The van der Waals surface area contributed by atoms with Crippen LogP contribution in [0.1, 0.15) is 38.4 Å².